The van der Waals surface area contributed by atoms with Crippen LogP contribution in [0.5, 0.6) is 0 Å². The molecule has 1 aromatic heterocycles. The number of carbonyl (C=O) groups excluding carboxylic acids is 2. The summed E-state index contributed by atoms with van der Waals surface area (Å²) in [6.45, 7) is 5.83. The van der Waals surface area contributed by atoms with Gasteiger partial charge in [0.2, 0.25) is 5.91 Å². The number of ether oxygens (including phenoxy) is 1. The van der Waals surface area contributed by atoms with E-state index in [4.69, 9.17) is 4.74 Å². The van der Waals surface area contributed by atoms with Crippen molar-refractivity contribution < 1.29 is 14.3 Å². The maximum absolute atomic E-state index is 12.9. The van der Waals surface area contributed by atoms with Gasteiger partial charge in [-0.25, -0.2) is 9.97 Å². The summed E-state index contributed by atoms with van der Waals surface area (Å²) in [4.78, 5) is 38.5. The van der Waals surface area contributed by atoms with Crippen LogP contribution in [0.2, 0.25) is 0 Å². The van der Waals surface area contributed by atoms with Gasteiger partial charge in [-0.1, -0.05) is 18.2 Å². The Morgan fingerprint density at radius 1 is 1.17 bits per heavy atom. The average Bonchev–Trinajstić information content (AvgIpc) is 3.25. The average molecular weight is 409 g/mol. The van der Waals surface area contributed by atoms with Crippen LogP contribution in [0.3, 0.4) is 0 Å². The first kappa shape index (κ1) is 20.4. The molecule has 3 heterocycles. The smallest absolute Gasteiger partial charge is 0.259 e. The minimum absolute atomic E-state index is 0.103. The second-order valence-electron chi connectivity index (χ2n) is 7.68. The number of likely N-dealkylation sites (tertiary alicyclic amines) is 1. The summed E-state index contributed by atoms with van der Waals surface area (Å²) < 4.78 is 5.36. The predicted molar refractivity (Wildman–Crippen MR) is 112 cm³/mol. The van der Waals surface area contributed by atoms with Crippen molar-refractivity contribution in [3.8, 4) is 0 Å². The van der Waals surface area contributed by atoms with E-state index in [9.17, 15) is 9.59 Å². The zero-order chi connectivity index (χ0) is 20.9. The number of morpholine rings is 1. The minimum Gasteiger partial charge on any atom is -0.379 e. The molecule has 158 valence electrons. The van der Waals surface area contributed by atoms with Crippen LogP contribution in [-0.2, 0) is 9.53 Å². The van der Waals surface area contributed by atoms with Gasteiger partial charge in [-0.2, -0.15) is 0 Å². The lowest BCUT2D eigenvalue weighted by molar-refractivity contribution is -0.134. The highest BCUT2D eigenvalue weighted by Crippen LogP contribution is 2.30. The van der Waals surface area contributed by atoms with Crippen LogP contribution in [0.15, 0.2) is 36.5 Å². The maximum atomic E-state index is 12.9. The monoisotopic (exact) mass is 409 g/mol. The topological polar surface area (TPSA) is 87.7 Å². The molecule has 1 atom stereocenters. The van der Waals surface area contributed by atoms with Crippen LogP contribution in [0.1, 0.15) is 40.8 Å². The molecule has 2 saturated heterocycles. The number of hydrogen-bond acceptors (Lipinski definition) is 6. The van der Waals surface area contributed by atoms with Crippen LogP contribution >= 0.6 is 0 Å². The lowest BCUT2D eigenvalue weighted by Gasteiger charge is -2.30. The summed E-state index contributed by atoms with van der Waals surface area (Å²) in [6, 6.07) is 9.16. The van der Waals surface area contributed by atoms with Crippen LogP contribution in [0.4, 0.5) is 5.69 Å². The summed E-state index contributed by atoms with van der Waals surface area (Å²) in [5.74, 6) is 0.472. The van der Waals surface area contributed by atoms with E-state index in [0.29, 0.717) is 43.4 Å². The first-order chi connectivity index (χ1) is 14.6. The molecule has 2 aromatic rings. The predicted octanol–water partition coefficient (Wildman–Crippen LogP) is 2.03. The van der Waals surface area contributed by atoms with Crippen molar-refractivity contribution in [1.29, 1.82) is 0 Å². The van der Waals surface area contributed by atoms with E-state index < -0.39 is 0 Å². The van der Waals surface area contributed by atoms with Gasteiger partial charge in [0.15, 0.2) is 5.82 Å². The van der Waals surface area contributed by atoms with E-state index in [2.05, 4.69) is 20.2 Å². The SMILES string of the molecule is Cc1nc([C@H]2CCCN2C(=O)CN2CCOCC2)ncc1C(=O)Nc1ccccc1. The molecule has 1 aromatic carbocycles. The molecule has 30 heavy (non-hydrogen) atoms. The van der Waals surface area contributed by atoms with Gasteiger partial charge in [0.05, 0.1) is 37.1 Å². The van der Waals surface area contributed by atoms with E-state index in [1.54, 1.807) is 13.1 Å². The van der Waals surface area contributed by atoms with Crippen LogP contribution in [0, 0.1) is 6.92 Å². The summed E-state index contributed by atoms with van der Waals surface area (Å²) in [5.41, 5.74) is 1.77. The van der Waals surface area contributed by atoms with Crippen LogP contribution < -0.4 is 5.32 Å². The molecule has 2 amide bonds. The summed E-state index contributed by atoms with van der Waals surface area (Å²) in [5, 5.41) is 2.86. The van der Waals surface area contributed by atoms with Gasteiger partial charge in [0.1, 0.15) is 0 Å². The number of nitrogens with zero attached hydrogens (tertiary/aromatic N) is 4. The Hall–Kier alpha value is -2.84. The molecule has 2 aliphatic heterocycles. The van der Waals surface area contributed by atoms with Crippen molar-refractivity contribution in [3.63, 3.8) is 0 Å². The van der Waals surface area contributed by atoms with Crippen molar-refractivity contribution in [2.45, 2.75) is 25.8 Å². The van der Waals surface area contributed by atoms with E-state index in [-0.39, 0.29) is 17.9 Å². The molecule has 2 aliphatic rings. The van der Waals surface area contributed by atoms with Gasteiger partial charge in [-0.3, -0.25) is 14.5 Å². The third-order valence-corrected chi connectivity index (χ3v) is 5.61. The largest absolute Gasteiger partial charge is 0.379 e. The number of aromatic nitrogens is 2. The molecule has 8 heteroatoms. The summed E-state index contributed by atoms with van der Waals surface area (Å²) in [6.07, 6.45) is 3.33. The molecule has 2 fully saturated rings. The highest BCUT2D eigenvalue weighted by Gasteiger charge is 2.33. The Labute approximate surface area is 176 Å². The van der Waals surface area contributed by atoms with Crippen molar-refractivity contribution >= 4 is 17.5 Å². The van der Waals surface area contributed by atoms with Crippen molar-refractivity contribution in [1.82, 2.24) is 19.8 Å². The second-order valence-corrected chi connectivity index (χ2v) is 7.68. The zero-order valence-electron chi connectivity index (χ0n) is 17.2. The molecule has 8 nitrogen and oxygen atoms in total. The molecule has 0 aliphatic carbocycles. The Balaban J connectivity index is 1.44. The molecule has 1 N–H and O–H groups in total. The summed E-state index contributed by atoms with van der Waals surface area (Å²) in [7, 11) is 0. The Morgan fingerprint density at radius 3 is 2.67 bits per heavy atom. The highest BCUT2D eigenvalue weighted by molar-refractivity contribution is 6.04. The third kappa shape index (κ3) is 4.66. The Kier molecular flexibility index (Phi) is 6.35. The fourth-order valence-corrected chi connectivity index (χ4v) is 3.96. The van der Waals surface area contributed by atoms with Crippen LogP contribution in [0.25, 0.3) is 0 Å². The van der Waals surface area contributed by atoms with Crippen molar-refractivity contribution in [3.05, 3.63) is 53.6 Å². The fourth-order valence-electron chi connectivity index (χ4n) is 3.96. The van der Waals surface area contributed by atoms with E-state index in [0.717, 1.165) is 31.6 Å². The molecule has 4 rings (SSSR count). The molecular formula is C22H27N5O3. The van der Waals surface area contributed by atoms with Crippen molar-refractivity contribution in [2.75, 3.05) is 44.7 Å². The normalized spacial score (nSPS) is 19.6. The molecule has 0 saturated carbocycles. The van der Waals surface area contributed by atoms with E-state index in [1.807, 2.05) is 35.2 Å². The number of rotatable bonds is 5. The number of hydrogen-bond donors (Lipinski definition) is 1. The number of anilines is 1. The fraction of sp³-hybridized carbons (Fsp3) is 0.455. The van der Waals surface area contributed by atoms with E-state index >= 15 is 0 Å². The lowest BCUT2D eigenvalue weighted by atomic mass is 10.1. The second kappa shape index (κ2) is 9.32. The number of aryl methyl sites for hydroxylation is 1. The molecule has 0 spiro atoms. The molecule has 0 radical (unpaired) electrons. The number of carbonyl (C=O) groups is 2. The van der Waals surface area contributed by atoms with Gasteiger partial charge in [-0.15, -0.1) is 0 Å². The van der Waals surface area contributed by atoms with Gasteiger partial charge >= 0.3 is 0 Å². The lowest BCUT2D eigenvalue weighted by Crippen LogP contribution is -2.44. The third-order valence-electron chi connectivity index (χ3n) is 5.61. The number of para-hydroxylation sites is 1. The first-order valence-electron chi connectivity index (χ1n) is 10.4. The molecular weight excluding hydrogens is 382 g/mol. The first-order valence-corrected chi connectivity index (χ1v) is 10.4. The van der Waals surface area contributed by atoms with Gasteiger partial charge in [0.25, 0.3) is 5.91 Å². The van der Waals surface area contributed by atoms with Crippen LogP contribution in [-0.4, -0.2) is 71.0 Å². The zero-order valence-corrected chi connectivity index (χ0v) is 17.2. The standard InChI is InChI=1S/C22H27N5O3/c1-16-18(22(29)25-17-6-3-2-4-7-17)14-23-21(24-16)19-8-5-9-27(19)20(28)15-26-10-12-30-13-11-26/h2-4,6-7,14,19H,5,8-13,15H2,1H3,(H,25,29)/t19-/m1/s1. The number of nitrogens with one attached hydrogen (secondary N) is 1. The molecule has 0 unspecified atom stereocenters. The Morgan fingerprint density at radius 2 is 1.93 bits per heavy atom. The van der Waals surface area contributed by atoms with Gasteiger partial charge < -0.3 is 15.0 Å². The molecule has 0 bridgehead atoms. The number of amides is 2. The van der Waals surface area contributed by atoms with Gasteiger partial charge in [0, 0.05) is 31.5 Å². The van der Waals surface area contributed by atoms with Crippen molar-refractivity contribution in [2.24, 2.45) is 0 Å². The Bertz CT molecular complexity index is 899. The quantitative estimate of drug-likeness (QED) is 0.813. The maximum Gasteiger partial charge on any atom is 0.259 e. The number of benzene rings is 1. The highest BCUT2D eigenvalue weighted by atomic mass is 16.5. The van der Waals surface area contributed by atoms with E-state index in [1.165, 1.54) is 0 Å². The van der Waals surface area contributed by atoms with Gasteiger partial charge in [-0.05, 0) is 31.9 Å². The minimum atomic E-state index is -0.239. The summed E-state index contributed by atoms with van der Waals surface area (Å²) >= 11 is 0.